The quantitative estimate of drug-likeness (QED) is 0.577. The number of hydrogen-bond acceptors (Lipinski definition) is 4. The fourth-order valence-corrected chi connectivity index (χ4v) is 3.68. The van der Waals surface area contributed by atoms with E-state index in [4.69, 9.17) is 9.47 Å². The van der Waals surface area contributed by atoms with Gasteiger partial charge in [-0.3, -0.25) is 4.79 Å². The number of carbonyl (C=O) groups is 1. The molecule has 0 aromatic heterocycles. The number of ether oxygens (including phenoxy) is 2. The lowest BCUT2D eigenvalue weighted by atomic mass is 10.1. The summed E-state index contributed by atoms with van der Waals surface area (Å²) in [6, 6.07) is 23.8. The molecule has 30 heavy (non-hydrogen) atoms. The van der Waals surface area contributed by atoms with Gasteiger partial charge < -0.3 is 19.7 Å². The van der Waals surface area contributed by atoms with Gasteiger partial charge in [0.2, 0.25) is 0 Å². The molecule has 3 aromatic carbocycles. The highest BCUT2D eigenvalue weighted by molar-refractivity contribution is 5.94. The predicted molar refractivity (Wildman–Crippen MR) is 118 cm³/mol. The molecule has 1 N–H and O–H groups in total. The maximum atomic E-state index is 12.4. The zero-order valence-electron chi connectivity index (χ0n) is 17.1. The lowest BCUT2D eigenvalue weighted by Crippen LogP contribution is -2.28. The van der Waals surface area contributed by atoms with E-state index >= 15 is 0 Å². The zero-order valence-corrected chi connectivity index (χ0v) is 17.1. The molecule has 1 amide bonds. The van der Waals surface area contributed by atoms with Crippen molar-refractivity contribution in [1.82, 2.24) is 5.32 Å². The molecule has 1 aliphatic rings. The summed E-state index contributed by atoms with van der Waals surface area (Å²) in [5, 5.41) is 2.90. The molecule has 0 spiro atoms. The second kappa shape index (κ2) is 9.35. The summed E-state index contributed by atoms with van der Waals surface area (Å²) in [6.07, 6.45) is 1.09. The van der Waals surface area contributed by atoms with Crippen molar-refractivity contribution in [2.24, 2.45) is 0 Å². The van der Waals surface area contributed by atoms with E-state index in [1.54, 1.807) is 7.11 Å². The first kappa shape index (κ1) is 19.8. The number of benzene rings is 3. The van der Waals surface area contributed by atoms with Crippen LogP contribution >= 0.6 is 0 Å². The summed E-state index contributed by atoms with van der Waals surface area (Å²) >= 11 is 0. The SMILES string of the molecule is COc1cccc(OCCNC(=O)c2ccc(CN3CCc4ccccc43)cc2)c1. The van der Waals surface area contributed by atoms with Crippen LogP contribution in [0, 0.1) is 0 Å². The van der Waals surface area contributed by atoms with E-state index in [-0.39, 0.29) is 5.91 Å². The maximum absolute atomic E-state index is 12.4. The van der Waals surface area contributed by atoms with Crippen molar-refractivity contribution in [2.75, 3.05) is 31.7 Å². The Kier molecular flexibility index (Phi) is 6.18. The number of nitrogens with zero attached hydrogens (tertiary/aromatic N) is 1. The van der Waals surface area contributed by atoms with E-state index in [1.807, 2.05) is 48.5 Å². The smallest absolute Gasteiger partial charge is 0.251 e. The van der Waals surface area contributed by atoms with Crippen LogP contribution in [0.25, 0.3) is 0 Å². The zero-order chi connectivity index (χ0) is 20.8. The molecule has 0 saturated heterocycles. The summed E-state index contributed by atoms with van der Waals surface area (Å²) in [6.45, 7) is 2.72. The molecule has 1 aliphatic heterocycles. The predicted octanol–water partition coefficient (Wildman–Crippen LogP) is 4.07. The number of hydrogen-bond donors (Lipinski definition) is 1. The number of carbonyl (C=O) groups excluding carboxylic acids is 1. The molecular formula is C25H26N2O3. The van der Waals surface area contributed by atoms with Crippen LogP contribution in [0.15, 0.2) is 72.8 Å². The molecular weight excluding hydrogens is 376 g/mol. The summed E-state index contributed by atoms with van der Waals surface area (Å²) in [7, 11) is 1.62. The number of fused-ring (bicyclic) bond motifs is 1. The third-order valence-electron chi connectivity index (χ3n) is 5.27. The van der Waals surface area contributed by atoms with Crippen molar-refractivity contribution in [3.63, 3.8) is 0 Å². The van der Waals surface area contributed by atoms with Crippen molar-refractivity contribution in [3.8, 4) is 11.5 Å². The minimum absolute atomic E-state index is 0.0951. The summed E-state index contributed by atoms with van der Waals surface area (Å²) in [4.78, 5) is 14.8. The van der Waals surface area contributed by atoms with Crippen molar-refractivity contribution in [2.45, 2.75) is 13.0 Å². The molecule has 0 aliphatic carbocycles. The van der Waals surface area contributed by atoms with E-state index in [2.05, 4.69) is 34.5 Å². The van der Waals surface area contributed by atoms with Gasteiger partial charge in [0.1, 0.15) is 18.1 Å². The summed E-state index contributed by atoms with van der Waals surface area (Å²) < 4.78 is 10.8. The molecule has 0 radical (unpaired) electrons. The van der Waals surface area contributed by atoms with Crippen LogP contribution in [0.3, 0.4) is 0 Å². The minimum Gasteiger partial charge on any atom is -0.497 e. The lowest BCUT2D eigenvalue weighted by molar-refractivity contribution is 0.0947. The monoisotopic (exact) mass is 402 g/mol. The van der Waals surface area contributed by atoms with E-state index < -0.39 is 0 Å². The number of nitrogens with one attached hydrogen (secondary N) is 1. The van der Waals surface area contributed by atoms with E-state index in [9.17, 15) is 4.79 Å². The van der Waals surface area contributed by atoms with Crippen molar-refractivity contribution >= 4 is 11.6 Å². The average molecular weight is 402 g/mol. The first-order chi connectivity index (χ1) is 14.7. The van der Waals surface area contributed by atoms with Gasteiger partial charge in [0.25, 0.3) is 5.91 Å². The Hall–Kier alpha value is -3.47. The van der Waals surface area contributed by atoms with E-state index in [0.717, 1.165) is 31.0 Å². The van der Waals surface area contributed by atoms with Gasteiger partial charge in [-0.2, -0.15) is 0 Å². The molecule has 4 rings (SSSR count). The molecule has 0 unspecified atom stereocenters. The molecule has 0 saturated carbocycles. The number of para-hydroxylation sites is 1. The second-order valence-electron chi connectivity index (χ2n) is 7.28. The first-order valence-electron chi connectivity index (χ1n) is 10.2. The van der Waals surface area contributed by atoms with Crippen LogP contribution in [0.5, 0.6) is 11.5 Å². The van der Waals surface area contributed by atoms with Crippen molar-refractivity contribution in [3.05, 3.63) is 89.5 Å². The minimum atomic E-state index is -0.0951. The molecule has 0 atom stereocenters. The Morgan fingerprint density at radius 1 is 1.00 bits per heavy atom. The molecule has 5 nitrogen and oxygen atoms in total. The van der Waals surface area contributed by atoms with Crippen molar-refractivity contribution < 1.29 is 14.3 Å². The fraction of sp³-hybridized carbons (Fsp3) is 0.240. The van der Waals surface area contributed by atoms with Crippen LogP contribution in [-0.4, -0.2) is 32.7 Å². The van der Waals surface area contributed by atoms with Gasteiger partial charge in [-0.1, -0.05) is 36.4 Å². The number of amides is 1. The number of anilines is 1. The topological polar surface area (TPSA) is 50.8 Å². The average Bonchev–Trinajstić information content (AvgIpc) is 3.20. The van der Waals surface area contributed by atoms with Crippen LogP contribution in [0.2, 0.25) is 0 Å². The van der Waals surface area contributed by atoms with Gasteiger partial charge in [0.05, 0.1) is 13.7 Å². The Labute approximate surface area is 177 Å². The van der Waals surface area contributed by atoms with Crippen LogP contribution in [0.4, 0.5) is 5.69 Å². The molecule has 0 bridgehead atoms. The van der Waals surface area contributed by atoms with Gasteiger partial charge in [0.15, 0.2) is 0 Å². The van der Waals surface area contributed by atoms with Crippen LogP contribution in [0.1, 0.15) is 21.5 Å². The Bertz CT molecular complexity index is 1000. The standard InChI is InChI=1S/C25H26N2O3/c1-29-22-6-4-7-23(17-22)30-16-14-26-25(28)21-11-9-19(10-12-21)18-27-15-13-20-5-2-3-8-24(20)27/h2-12,17H,13-16,18H2,1H3,(H,26,28). The van der Waals surface area contributed by atoms with E-state index in [1.165, 1.54) is 16.8 Å². The van der Waals surface area contributed by atoms with Crippen LogP contribution in [-0.2, 0) is 13.0 Å². The first-order valence-corrected chi connectivity index (χ1v) is 10.2. The third-order valence-corrected chi connectivity index (χ3v) is 5.27. The number of rotatable bonds is 8. The van der Waals surface area contributed by atoms with Gasteiger partial charge in [-0.05, 0) is 47.9 Å². The van der Waals surface area contributed by atoms with E-state index in [0.29, 0.717) is 18.7 Å². The molecule has 154 valence electrons. The summed E-state index contributed by atoms with van der Waals surface area (Å²) in [5.74, 6) is 1.37. The van der Waals surface area contributed by atoms with Gasteiger partial charge in [-0.15, -0.1) is 0 Å². The molecule has 0 fully saturated rings. The lowest BCUT2D eigenvalue weighted by Gasteiger charge is -2.19. The highest BCUT2D eigenvalue weighted by Gasteiger charge is 2.18. The Morgan fingerprint density at radius 3 is 2.63 bits per heavy atom. The van der Waals surface area contributed by atoms with Gasteiger partial charge in [-0.25, -0.2) is 0 Å². The second-order valence-corrected chi connectivity index (χ2v) is 7.28. The van der Waals surface area contributed by atoms with Crippen LogP contribution < -0.4 is 19.7 Å². The molecule has 1 heterocycles. The normalized spacial score (nSPS) is 12.4. The highest BCUT2D eigenvalue weighted by atomic mass is 16.5. The van der Waals surface area contributed by atoms with Gasteiger partial charge >= 0.3 is 0 Å². The Morgan fingerprint density at radius 2 is 1.80 bits per heavy atom. The molecule has 3 aromatic rings. The van der Waals surface area contributed by atoms with Gasteiger partial charge in [0, 0.05) is 30.4 Å². The Balaban J connectivity index is 1.25. The largest absolute Gasteiger partial charge is 0.497 e. The highest BCUT2D eigenvalue weighted by Crippen LogP contribution is 2.28. The maximum Gasteiger partial charge on any atom is 0.251 e. The molecule has 5 heteroatoms. The van der Waals surface area contributed by atoms with Crippen molar-refractivity contribution in [1.29, 1.82) is 0 Å². The fourth-order valence-electron chi connectivity index (χ4n) is 3.68. The number of methoxy groups -OCH3 is 1. The third kappa shape index (κ3) is 4.74. The summed E-state index contributed by atoms with van der Waals surface area (Å²) in [5.41, 5.74) is 4.58.